The normalized spacial score (nSPS) is 14.6. The molecule has 3 atom stereocenters. The zero-order valence-electron chi connectivity index (χ0n) is 26.4. The molecule has 0 bridgehead atoms. The summed E-state index contributed by atoms with van der Waals surface area (Å²) in [6.45, 7) is 2.83. The average molecular weight is 629 g/mol. The number of rotatable bonds is 14. The fraction of sp³-hybridized carbons (Fsp3) is 0.263. The van der Waals surface area contributed by atoms with Crippen molar-refractivity contribution in [2.24, 2.45) is 0 Å². The van der Waals surface area contributed by atoms with Crippen molar-refractivity contribution in [2.75, 3.05) is 6.54 Å². The topological polar surface area (TPSA) is 121 Å². The van der Waals surface area contributed by atoms with E-state index in [-0.39, 0.29) is 23.4 Å². The summed E-state index contributed by atoms with van der Waals surface area (Å²) < 4.78 is 1.73. The van der Waals surface area contributed by atoms with E-state index in [1.54, 1.807) is 22.9 Å². The molecular formula is C38H40N6O3. The highest BCUT2D eigenvalue weighted by Crippen LogP contribution is 2.23. The summed E-state index contributed by atoms with van der Waals surface area (Å²) >= 11 is 0. The van der Waals surface area contributed by atoms with Crippen molar-refractivity contribution in [3.63, 3.8) is 0 Å². The number of aromatic nitrogens is 3. The van der Waals surface area contributed by atoms with Crippen molar-refractivity contribution in [2.45, 2.75) is 57.0 Å². The zero-order valence-corrected chi connectivity index (χ0v) is 26.4. The molecule has 1 aromatic heterocycles. The third-order valence-electron chi connectivity index (χ3n) is 8.40. The maximum Gasteiger partial charge on any atom is 0.251 e. The molecule has 5 aromatic rings. The number of aliphatic hydroxyl groups is 1. The molecule has 240 valence electrons. The molecule has 0 unspecified atom stereocenters. The Morgan fingerprint density at radius 1 is 0.830 bits per heavy atom. The maximum absolute atomic E-state index is 13.9. The first-order valence-corrected chi connectivity index (χ1v) is 16.1. The number of hydrogen-bond donors (Lipinski definition) is 4. The second-order valence-corrected chi connectivity index (χ2v) is 12.2. The molecule has 1 aliphatic rings. The van der Waals surface area contributed by atoms with Crippen LogP contribution in [0.1, 0.15) is 63.2 Å². The van der Waals surface area contributed by atoms with Gasteiger partial charge in [0.15, 0.2) is 0 Å². The van der Waals surface area contributed by atoms with Gasteiger partial charge in [0.05, 0.1) is 30.9 Å². The first kappa shape index (κ1) is 31.8. The Kier molecular flexibility index (Phi) is 10.2. The minimum atomic E-state index is -0.810. The van der Waals surface area contributed by atoms with Gasteiger partial charge in [-0.15, -0.1) is 5.10 Å². The monoisotopic (exact) mass is 628 g/mol. The van der Waals surface area contributed by atoms with Crippen LogP contribution < -0.4 is 16.0 Å². The first-order chi connectivity index (χ1) is 22.9. The Morgan fingerprint density at radius 2 is 1.43 bits per heavy atom. The van der Waals surface area contributed by atoms with Gasteiger partial charge in [-0.2, -0.15) is 0 Å². The summed E-state index contributed by atoms with van der Waals surface area (Å²) in [5.74, 6) is -0.705. The van der Waals surface area contributed by atoms with E-state index in [9.17, 15) is 14.7 Å². The number of aliphatic hydroxyl groups excluding tert-OH is 1. The van der Waals surface area contributed by atoms with Crippen molar-refractivity contribution in [1.82, 2.24) is 30.9 Å². The van der Waals surface area contributed by atoms with Crippen LogP contribution >= 0.6 is 0 Å². The Hall–Kier alpha value is -5.12. The molecule has 0 spiro atoms. The second kappa shape index (κ2) is 15.0. The first-order valence-electron chi connectivity index (χ1n) is 16.1. The molecular weight excluding hydrogens is 588 g/mol. The average Bonchev–Trinajstić information content (AvgIpc) is 3.83. The predicted molar refractivity (Wildman–Crippen MR) is 182 cm³/mol. The van der Waals surface area contributed by atoms with Crippen LogP contribution in [-0.4, -0.2) is 56.6 Å². The Labute approximate surface area is 275 Å². The number of nitrogens with zero attached hydrogens (tertiary/aromatic N) is 3. The minimum Gasteiger partial charge on any atom is -0.390 e. The summed E-state index contributed by atoms with van der Waals surface area (Å²) in [6, 6.07) is 34.1. The Bertz CT molecular complexity index is 1770. The number of benzene rings is 4. The van der Waals surface area contributed by atoms with Crippen molar-refractivity contribution in [1.29, 1.82) is 0 Å². The van der Waals surface area contributed by atoms with Crippen LogP contribution in [0.4, 0.5) is 0 Å². The minimum absolute atomic E-state index is 0.249. The molecule has 0 saturated heterocycles. The molecule has 6 rings (SSSR count). The lowest BCUT2D eigenvalue weighted by molar-refractivity contribution is 0.0830. The van der Waals surface area contributed by atoms with Crippen LogP contribution in [0.5, 0.6) is 0 Å². The van der Waals surface area contributed by atoms with E-state index in [4.69, 9.17) is 0 Å². The van der Waals surface area contributed by atoms with Gasteiger partial charge in [0.25, 0.3) is 11.8 Å². The zero-order chi connectivity index (χ0) is 32.6. The maximum atomic E-state index is 13.9. The highest BCUT2D eigenvalue weighted by molar-refractivity contribution is 6.01. The quantitative estimate of drug-likeness (QED) is 0.138. The third-order valence-corrected chi connectivity index (χ3v) is 8.40. The van der Waals surface area contributed by atoms with Crippen LogP contribution in [0, 0.1) is 0 Å². The molecule has 1 fully saturated rings. The summed E-state index contributed by atoms with van der Waals surface area (Å²) in [6.07, 6.45) is 3.65. The fourth-order valence-electron chi connectivity index (χ4n) is 5.54. The number of hydrogen-bond acceptors (Lipinski definition) is 6. The van der Waals surface area contributed by atoms with E-state index in [2.05, 4.69) is 26.3 Å². The van der Waals surface area contributed by atoms with Gasteiger partial charge in [0.1, 0.15) is 5.69 Å². The standard InChI is InChI=1S/C38H40N6O3/c1-26(29-15-9-4-10-16-29)40-37(46)31-20-30(35-25-44(43-42-35)24-28-13-7-3-8-14-28)21-32(22-31)38(47)41-34(19-27-11-5-2-6-12-27)36(45)23-39-33-17-18-33/h2-16,20-22,25-26,33-34,36,39,45H,17-19,23-24H2,1H3,(H,40,46)(H,41,47)/t26-,34+,36-/m1/s1. The highest BCUT2D eigenvalue weighted by Gasteiger charge is 2.27. The van der Waals surface area contributed by atoms with Crippen molar-refractivity contribution in [3.8, 4) is 11.3 Å². The van der Waals surface area contributed by atoms with Gasteiger partial charge in [-0.1, -0.05) is 96.2 Å². The molecule has 4 N–H and O–H groups in total. The van der Waals surface area contributed by atoms with Crippen molar-refractivity contribution in [3.05, 3.63) is 143 Å². The molecule has 0 aliphatic heterocycles. The van der Waals surface area contributed by atoms with E-state index in [1.165, 1.54) is 0 Å². The molecule has 1 aliphatic carbocycles. The Morgan fingerprint density at radius 3 is 2.06 bits per heavy atom. The summed E-state index contributed by atoms with van der Waals surface area (Å²) in [4.78, 5) is 27.6. The largest absolute Gasteiger partial charge is 0.390 e. The fourth-order valence-corrected chi connectivity index (χ4v) is 5.54. The second-order valence-electron chi connectivity index (χ2n) is 12.2. The molecule has 9 nitrogen and oxygen atoms in total. The van der Waals surface area contributed by atoms with E-state index in [1.807, 2.05) is 104 Å². The van der Waals surface area contributed by atoms with E-state index >= 15 is 0 Å². The lowest BCUT2D eigenvalue weighted by Crippen LogP contribution is -2.49. The molecule has 4 aromatic carbocycles. The van der Waals surface area contributed by atoms with Crippen LogP contribution in [0.15, 0.2) is 115 Å². The van der Waals surface area contributed by atoms with Gasteiger partial charge in [0.2, 0.25) is 0 Å². The lowest BCUT2D eigenvalue weighted by atomic mass is 9.99. The van der Waals surface area contributed by atoms with Crippen LogP contribution in [0.25, 0.3) is 11.3 Å². The molecule has 2 amide bonds. The van der Waals surface area contributed by atoms with Gasteiger partial charge in [0, 0.05) is 29.3 Å². The van der Waals surface area contributed by atoms with Gasteiger partial charge in [-0.25, -0.2) is 4.68 Å². The molecule has 1 heterocycles. The number of amides is 2. The predicted octanol–water partition coefficient (Wildman–Crippen LogP) is 4.94. The van der Waals surface area contributed by atoms with E-state index < -0.39 is 12.1 Å². The number of carbonyl (C=O) groups excluding carboxylic acids is 2. The SMILES string of the molecule is C[C@@H](NC(=O)c1cc(C(=O)N[C@@H](Cc2ccccc2)[C@H](O)CNC2CC2)cc(-c2cn(Cc3ccccc3)nn2)c1)c1ccccc1. The molecule has 9 heteroatoms. The molecule has 0 radical (unpaired) electrons. The van der Waals surface area contributed by atoms with Gasteiger partial charge in [-0.05, 0) is 61.1 Å². The van der Waals surface area contributed by atoms with Gasteiger partial charge >= 0.3 is 0 Å². The third kappa shape index (κ3) is 8.78. The number of nitrogens with one attached hydrogen (secondary N) is 3. The smallest absolute Gasteiger partial charge is 0.251 e. The van der Waals surface area contributed by atoms with Crippen LogP contribution in [-0.2, 0) is 13.0 Å². The lowest BCUT2D eigenvalue weighted by Gasteiger charge is -2.25. The molecule has 1 saturated carbocycles. The Balaban J connectivity index is 1.28. The highest BCUT2D eigenvalue weighted by atomic mass is 16.3. The number of carbonyl (C=O) groups is 2. The van der Waals surface area contributed by atoms with Gasteiger partial charge in [-0.3, -0.25) is 9.59 Å². The van der Waals surface area contributed by atoms with Crippen LogP contribution in [0.3, 0.4) is 0 Å². The summed E-state index contributed by atoms with van der Waals surface area (Å²) in [5, 5.41) is 29.4. The summed E-state index contributed by atoms with van der Waals surface area (Å²) in [7, 11) is 0. The van der Waals surface area contributed by atoms with Crippen LogP contribution in [0.2, 0.25) is 0 Å². The van der Waals surface area contributed by atoms with E-state index in [0.29, 0.717) is 42.4 Å². The van der Waals surface area contributed by atoms with Gasteiger partial charge < -0.3 is 21.1 Å². The van der Waals surface area contributed by atoms with E-state index in [0.717, 1.165) is 29.5 Å². The molecule has 47 heavy (non-hydrogen) atoms. The van der Waals surface area contributed by atoms with Crippen molar-refractivity contribution >= 4 is 11.8 Å². The van der Waals surface area contributed by atoms with Crippen molar-refractivity contribution < 1.29 is 14.7 Å². The summed E-state index contributed by atoms with van der Waals surface area (Å²) in [5.41, 5.74) is 4.78.